The molecule has 1 N–H and O–H groups in total. The third-order valence-electron chi connectivity index (χ3n) is 4.33. The van der Waals surface area contributed by atoms with Gasteiger partial charge in [-0.3, -0.25) is 18.6 Å². The molecule has 0 unspecified atom stereocenters. The molecule has 0 atom stereocenters. The molecule has 0 aliphatic heterocycles. The largest absolute Gasteiger partial charge is 0.326 e. The van der Waals surface area contributed by atoms with E-state index in [1.165, 1.54) is 57.6 Å². The summed E-state index contributed by atoms with van der Waals surface area (Å²) in [5, 5.41) is 10.6. The highest BCUT2D eigenvalue weighted by Crippen LogP contribution is 2.11. The number of carbonyl (C=O) groups excluding carboxylic acids is 1. The minimum Gasteiger partial charge on any atom is -0.326 e. The first-order chi connectivity index (χ1) is 14.0. The lowest BCUT2D eigenvalue weighted by Crippen LogP contribution is -2.20. The second kappa shape index (κ2) is 7.63. The normalized spacial score (nSPS) is 11.0. The lowest BCUT2D eigenvalue weighted by atomic mass is 10.2. The number of amides is 1. The van der Waals surface area contributed by atoms with Crippen molar-refractivity contribution in [3.63, 3.8) is 0 Å². The summed E-state index contributed by atoms with van der Waals surface area (Å²) in [4.78, 5) is 24.8. The van der Waals surface area contributed by atoms with Gasteiger partial charge in [0, 0.05) is 30.9 Å². The van der Waals surface area contributed by atoms with Crippen LogP contribution in [0.1, 0.15) is 12.2 Å². The topological polar surface area (TPSA) is 81.3 Å². The Bertz CT molecular complexity index is 1250. The summed E-state index contributed by atoms with van der Waals surface area (Å²) in [6.07, 6.45) is 3.44. The van der Waals surface area contributed by atoms with E-state index in [-0.39, 0.29) is 30.2 Å². The molecule has 4 aromatic rings. The van der Waals surface area contributed by atoms with Gasteiger partial charge in [0.15, 0.2) is 0 Å². The highest BCUT2D eigenvalue weighted by Gasteiger charge is 2.13. The van der Waals surface area contributed by atoms with Gasteiger partial charge in [0.1, 0.15) is 17.5 Å². The molecule has 0 bridgehead atoms. The molecule has 0 spiro atoms. The summed E-state index contributed by atoms with van der Waals surface area (Å²) >= 11 is 0. The van der Waals surface area contributed by atoms with Crippen LogP contribution in [0.15, 0.2) is 65.7 Å². The number of halogens is 2. The molecule has 2 aromatic heterocycles. The molecule has 4 rings (SSSR count). The lowest BCUT2D eigenvalue weighted by molar-refractivity contribution is -0.116. The van der Waals surface area contributed by atoms with Crippen LogP contribution in [0.3, 0.4) is 0 Å². The standard InChI is InChI=1S/C20H15F2N5O2/c21-13-4-6-15(7-5-13)23-18(28)9-8-17-24-25-19-20(29)26(10-11-27(17)19)16-3-1-2-14(22)12-16/h1-7,10-12H,8-9H2,(H,23,28). The van der Waals surface area contributed by atoms with E-state index in [9.17, 15) is 18.4 Å². The van der Waals surface area contributed by atoms with Gasteiger partial charge in [-0.2, -0.15) is 0 Å². The van der Waals surface area contributed by atoms with Crippen LogP contribution in [0.5, 0.6) is 0 Å². The Labute approximate surface area is 163 Å². The molecule has 2 heterocycles. The number of rotatable bonds is 5. The Morgan fingerprint density at radius 3 is 2.55 bits per heavy atom. The Hall–Kier alpha value is -3.88. The fourth-order valence-electron chi connectivity index (χ4n) is 2.92. The number of fused-ring (bicyclic) bond motifs is 1. The minimum atomic E-state index is -0.455. The predicted molar refractivity (Wildman–Crippen MR) is 102 cm³/mol. The number of hydrogen-bond acceptors (Lipinski definition) is 4. The molecule has 7 nitrogen and oxygen atoms in total. The first-order valence-electron chi connectivity index (χ1n) is 8.78. The summed E-state index contributed by atoms with van der Waals surface area (Å²) in [7, 11) is 0. The van der Waals surface area contributed by atoms with Crippen LogP contribution in [0, 0.1) is 11.6 Å². The second-order valence-electron chi connectivity index (χ2n) is 6.32. The maximum Gasteiger partial charge on any atom is 0.300 e. The number of carbonyl (C=O) groups is 1. The molecule has 2 aromatic carbocycles. The number of aryl methyl sites for hydroxylation is 1. The van der Waals surface area contributed by atoms with E-state index in [1.807, 2.05) is 0 Å². The zero-order valence-electron chi connectivity index (χ0n) is 15.0. The van der Waals surface area contributed by atoms with Crippen molar-refractivity contribution in [3.8, 4) is 5.69 Å². The third kappa shape index (κ3) is 3.88. The van der Waals surface area contributed by atoms with E-state index >= 15 is 0 Å². The number of anilines is 1. The maximum absolute atomic E-state index is 13.4. The van der Waals surface area contributed by atoms with Crippen LogP contribution in [0.25, 0.3) is 11.3 Å². The van der Waals surface area contributed by atoms with Gasteiger partial charge < -0.3 is 5.32 Å². The average Bonchev–Trinajstić information content (AvgIpc) is 3.12. The predicted octanol–water partition coefficient (Wildman–Crippen LogP) is 2.73. The van der Waals surface area contributed by atoms with Crippen LogP contribution in [0.4, 0.5) is 14.5 Å². The van der Waals surface area contributed by atoms with E-state index in [4.69, 9.17) is 0 Å². The van der Waals surface area contributed by atoms with Crippen molar-refractivity contribution in [3.05, 3.63) is 88.7 Å². The second-order valence-corrected chi connectivity index (χ2v) is 6.32. The zero-order valence-corrected chi connectivity index (χ0v) is 15.0. The number of aromatic nitrogens is 4. The number of nitrogens with zero attached hydrogens (tertiary/aromatic N) is 4. The molecule has 9 heteroatoms. The Morgan fingerprint density at radius 2 is 1.79 bits per heavy atom. The van der Waals surface area contributed by atoms with Gasteiger partial charge >= 0.3 is 5.56 Å². The van der Waals surface area contributed by atoms with Gasteiger partial charge in [0.25, 0.3) is 0 Å². The first kappa shape index (κ1) is 18.5. The van der Waals surface area contributed by atoms with E-state index in [2.05, 4.69) is 15.5 Å². The summed E-state index contributed by atoms with van der Waals surface area (Å²) in [5.74, 6) is -0.676. The SMILES string of the molecule is O=C(CCc1nnc2c(=O)n(-c3cccc(F)c3)ccn12)Nc1ccc(F)cc1. The van der Waals surface area contributed by atoms with Crippen LogP contribution in [-0.2, 0) is 11.2 Å². The van der Waals surface area contributed by atoms with Crippen LogP contribution < -0.4 is 10.9 Å². The highest BCUT2D eigenvalue weighted by atomic mass is 19.1. The summed E-state index contributed by atoms with van der Waals surface area (Å²) in [6.45, 7) is 0. The van der Waals surface area contributed by atoms with E-state index in [0.29, 0.717) is 17.2 Å². The molecule has 1 amide bonds. The van der Waals surface area contributed by atoms with Crippen LogP contribution >= 0.6 is 0 Å². The van der Waals surface area contributed by atoms with Crippen molar-refractivity contribution in [2.45, 2.75) is 12.8 Å². The average molecular weight is 395 g/mol. The van der Waals surface area contributed by atoms with Gasteiger partial charge in [-0.25, -0.2) is 8.78 Å². The Balaban J connectivity index is 1.52. The molecule has 0 aliphatic carbocycles. The van der Waals surface area contributed by atoms with Crippen LogP contribution in [-0.4, -0.2) is 25.1 Å². The van der Waals surface area contributed by atoms with Gasteiger partial charge in [0.2, 0.25) is 11.6 Å². The monoisotopic (exact) mass is 395 g/mol. The van der Waals surface area contributed by atoms with E-state index in [0.717, 1.165) is 0 Å². The van der Waals surface area contributed by atoms with Crippen molar-refractivity contribution in [2.24, 2.45) is 0 Å². The number of benzene rings is 2. The third-order valence-corrected chi connectivity index (χ3v) is 4.33. The number of nitrogens with one attached hydrogen (secondary N) is 1. The lowest BCUT2D eigenvalue weighted by Gasteiger charge is -2.07. The highest BCUT2D eigenvalue weighted by molar-refractivity contribution is 5.90. The summed E-state index contributed by atoms with van der Waals surface area (Å²) in [6, 6.07) is 11.1. The van der Waals surface area contributed by atoms with E-state index < -0.39 is 11.4 Å². The summed E-state index contributed by atoms with van der Waals surface area (Å²) < 4.78 is 29.1. The minimum absolute atomic E-state index is 0.0747. The summed E-state index contributed by atoms with van der Waals surface area (Å²) in [5.41, 5.74) is 0.486. The van der Waals surface area contributed by atoms with Gasteiger partial charge in [-0.15, -0.1) is 10.2 Å². The fourth-order valence-corrected chi connectivity index (χ4v) is 2.92. The molecule has 0 saturated carbocycles. The first-order valence-corrected chi connectivity index (χ1v) is 8.78. The molecular weight excluding hydrogens is 380 g/mol. The van der Waals surface area contributed by atoms with Crippen molar-refractivity contribution in [1.82, 2.24) is 19.2 Å². The van der Waals surface area contributed by atoms with Crippen LogP contribution in [0.2, 0.25) is 0 Å². The van der Waals surface area contributed by atoms with Crippen molar-refractivity contribution in [2.75, 3.05) is 5.32 Å². The van der Waals surface area contributed by atoms with Crippen molar-refractivity contribution in [1.29, 1.82) is 0 Å². The molecule has 146 valence electrons. The maximum atomic E-state index is 13.4. The Morgan fingerprint density at radius 1 is 1.00 bits per heavy atom. The molecule has 0 radical (unpaired) electrons. The molecular formula is C20H15F2N5O2. The van der Waals surface area contributed by atoms with Crippen molar-refractivity contribution < 1.29 is 13.6 Å². The Kier molecular flexibility index (Phi) is 4.86. The van der Waals surface area contributed by atoms with Gasteiger partial charge in [-0.1, -0.05) is 6.07 Å². The molecule has 29 heavy (non-hydrogen) atoms. The molecule has 0 fully saturated rings. The smallest absolute Gasteiger partial charge is 0.300 e. The van der Waals surface area contributed by atoms with Gasteiger partial charge in [0.05, 0.1) is 5.69 Å². The van der Waals surface area contributed by atoms with Crippen molar-refractivity contribution >= 4 is 17.2 Å². The zero-order chi connectivity index (χ0) is 20.4. The van der Waals surface area contributed by atoms with Gasteiger partial charge in [-0.05, 0) is 42.5 Å². The number of hydrogen-bond donors (Lipinski definition) is 1. The quantitative estimate of drug-likeness (QED) is 0.563. The molecule has 0 aliphatic rings. The molecule has 0 saturated heterocycles. The van der Waals surface area contributed by atoms with E-state index in [1.54, 1.807) is 12.3 Å². The fraction of sp³-hybridized carbons (Fsp3) is 0.100.